The van der Waals surface area contributed by atoms with Crippen LogP contribution in [0, 0.1) is 0 Å². The molecule has 1 atom stereocenters. The van der Waals surface area contributed by atoms with Crippen molar-refractivity contribution in [2.75, 3.05) is 11.4 Å². The van der Waals surface area contributed by atoms with Gasteiger partial charge >= 0.3 is 0 Å². The quantitative estimate of drug-likeness (QED) is 0.723. The molecule has 3 aromatic rings. The first-order valence-electron chi connectivity index (χ1n) is 8.17. The van der Waals surface area contributed by atoms with E-state index in [0.29, 0.717) is 23.9 Å². The van der Waals surface area contributed by atoms with E-state index >= 15 is 0 Å². The molecule has 0 aromatic carbocycles. The number of halogens is 2. The highest BCUT2D eigenvalue weighted by Crippen LogP contribution is 2.30. The van der Waals surface area contributed by atoms with Gasteiger partial charge in [-0.3, -0.25) is 0 Å². The average Bonchev–Trinajstić information content (AvgIpc) is 3.18. The lowest BCUT2D eigenvalue weighted by Crippen LogP contribution is -2.38. The van der Waals surface area contributed by atoms with Gasteiger partial charge in [0.2, 0.25) is 5.82 Å². The standard InChI is InChI=1S/C15H18F2N8/c1-8(2)13-19-20-14-9(3)23(6-7-24(13)14)11-5-4-10-18-21-15(12(16)17)25(10)22-11/h4-5,8-9,12H,6-7H2,1-3H3. The van der Waals surface area contributed by atoms with Gasteiger partial charge in [-0.1, -0.05) is 13.8 Å². The predicted octanol–water partition coefficient (Wildman–Crippen LogP) is 2.36. The van der Waals surface area contributed by atoms with E-state index in [1.165, 1.54) is 0 Å². The van der Waals surface area contributed by atoms with Gasteiger partial charge in [0.15, 0.2) is 11.5 Å². The average molecular weight is 348 g/mol. The van der Waals surface area contributed by atoms with E-state index in [2.05, 4.69) is 43.9 Å². The minimum atomic E-state index is -2.73. The zero-order valence-corrected chi connectivity index (χ0v) is 14.1. The fourth-order valence-electron chi connectivity index (χ4n) is 3.23. The number of aromatic nitrogens is 7. The summed E-state index contributed by atoms with van der Waals surface area (Å²) in [6.07, 6.45) is -2.73. The molecule has 0 aliphatic carbocycles. The van der Waals surface area contributed by atoms with Crippen molar-refractivity contribution in [3.8, 4) is 0 Å². The molecule has 8 nitrogen and oxygen atoms in total. The Morgan fingerprint density at radius 1 is 1.04 bits per heavy atom. The third kappa shape index (κ3) is 2.43. The first-order chi connectivity index (χ1) is 12.0. The summed E-state index contributed by atoms with van der Waals surface area (Å²) in [4.78, 5) is 2.03. The molecule has 1 aliphatic rings. The maximum Gasteiger partial charge on any atom is 0.299 e. The Morgan fingerprint density at radius 3 is 2.52 bits per heavy atom. The monoisotopic (exact) mass is 348 g/mol. The molecule has 0 saturated carbocycles. The van der Waals surface area contributed by atoms with Gasteiger partial charge in [-0.25, -0.2) is 8.78 Å². The molecule has 0 radical (unpaired) electrons. The van der Waals surface area contributed by atoms with Crippen molar-refractivity contribution in [2.24, 2.45) is 0 Å². The molecule has 4 rings (SSSR count). The van der Waals surface area contributed by atoms with Crippen molar-refractivity contribution in [2.45, 2.75) is 45.7 Å². The minimum Gasteiger partial charge on any atom is -0.343 e. The smallest absolute Gasteiger partial charge is 0.299 e. The van der Waals surface area contributed by atoms with E-state index in [0.717, 1.165) is 22.7 Å². The van der Waals surface area contributed by atoms with Crippen LogP contribution in [0.1, 0.15) is 56.6 Å². The Hall–Kier alpha value is -2.65. The van der Waals surface area contributed by atoms with Crippen molar-refractivity contribution in [1.82, 2.24) is 34.6 Å². The van der Waals surface area contributed by atoms with Gasteiger partial charge in [-0.05, 0) is 19.1 Å². The summed E-state index contributed by atoms with van der Waals surface area (Å²) < 4.78 is 29.4. The highest BCUT2D eigenvalue weighted by Gasteiger charge is 2.30. The summed E-state index contributed by atoms with van der Waals surface area (Å²) in [5.41, 5.74) is 0.300. The summed E-state index contributed by atoms with van der Waals surface area (Å²) in [5.74, 6) is 2.24. The number of nitrogens with zero attached hydrogens (tertiary/aromatic N) is 8. The van der Waals surface area contributed by atoms with Crippen molar-refractivity contribution >= 4 is 11.5 Å². The number of hydrogen-bond acceptors (Lipinski definition) is 6. The first kappa shape index (κ1) is 15.9. The van der Waals surface area contributed by atoms with Gasteiger partial charge in [-0.2, -0.15) is 4.52 Å². The Kier molecular flexibility index (Phi) is 3.62. The summed E-state index contributed by atoms with van der Waals surface area (Å²) in [5, 5.41) is 20.2. The SMILES string of the molecule is CC(C)c1nnc2n1CCN(c1ccc3nnc(C(F)F)n3n1)C2C. The molecule has 3 aromatic heterocycles. The van der Waals surface area contributed by atoms with Crippen LogP contribution in [0.2, 0.25) is 0 Å². The molecular weight excluding hydrogens is 330 g/mol. The van der Waals surface area contributed by atoms with E-state index in [1.807, 2.05) is 11.8 Å². The Labute approximate surface area is 142 Å². The first-order valence-corrected chi connectivity index (χ1v) is 8.17. The number of hydrogen-bond donors (Lipinski definition) is 0. The number of alkyl halides is 2. The molecular formula is C15H18F2N8. The third-order valence-electron chi connectivity index (χ3n) is 4.49. The molecule has 0 spiro atoms. The van der Waals surface area contributed by atoms with E-state index in [9.17, 15) is 8.78 Å². The van der Waals surface area contributed by atoms with Crippen LogP contribution < -0.4 is 4.90 Å². The van der Waals surface area contributed by atoms with Crippen LogP contribution in [-0.2, 0) is 6.54 Å². The Morgan fingerprint density at radius 2 is 1.80 bits per heavy atom. The summed E-state index contributed by atoms with van der Waals surface area (Å²) >= 11 is 0. The highest BCUT2D eigenvalue weighted by molar-refractivity contribution is 5.47. The van der Waals surface area contributed by atoms with Gasteiger partial charge in [0.05, 0.1) is 6.04 Å². The summed E-state index contributed by atoms with van der Waals surface area (Å²) in [6, 6.07) is 3.35. The third-order valence-corrected chi connectivity index (χ3v) is 4.49. The summed E-state index contributed by atoms with van der Waals surface area (Å²) in [7, 11) is 0. The maximum atomic E-state index is 13.1. The summed E-state index contributed by atoms with van der Waals surface area (Å²) in [6.45, 7) is 7.60. The van der Waals surface area contributed by atoms with Crippen molar-refractivity contribution in [1.29, 1.82) is 0 Å². The van der Waals surface area contributed by atoms with Crippen LogP contribution >= 0.6 is 0 Å². The van der Waals surface area contributed by atoms with Crippen LogP contribution in [0.25, 0.3) is 5.65 Å². The van der Waals surface area contributed by atoms with Crippen LogP contribution in [0.5, 0.6) is 0 Å². The van der Waals surface area contributed by atoms with E-state index < -0.39 is 12.2 Å². The predicted molar refractivity (Wildman–Crippen MR) is 85.6 cm³/mol. The molecule has 25 heavy (non-hydrogen) atoms. The van der Waals surface area contributed by atoms with Crippen molar-refractivity contribution in [3.05, 3.63) is 29.6 Å². The van der Waals surface area contributed by atoms with Crippen LogP contribution in [-0.4, -0.2) is 41.1 Å². The molecule has 4 heterocycles. The number of rotatable bonds is 3. The normalized spacial score (nSPS) is 17.7. The fourth-order valence-corrected chi connectivity index (χ4v) is 3.23. The maximum absolute atomic E-state index is 13.1. The van der Waals surface area contributed by atoms with Gasteiger partial charge < -0.3 is 9.47 Å². The van der Waals surface area contributed by atoms with E-state index in [4.69, 9.17) is 0 Å². The van der Waals surface area contributed by atoms with Crippen LogP contribution in [0.4, 0.5) is 14.6 Å². The number of fused-ring (bicyclic) bond motifs is 2. The lowest BCUT2D eigenvalue weighted by molar-refractivity contribution is 0.137. The number of anilines is 1. The molecule has 0 bridgehead atoms. The molecule has 10 heteroatoms. The fraction of sp³-hybridized carbons (Fsp3) is 0.533. The lowest BCUT2D eigenvalue weighted by atomic mass is 10.1. The molecule has 0 saturated heterocycles. The second kappa shape index (κ2) is 5.71. The minimum absolute atomic E-state index is 0.0646. The molecule has 132 valence electrons. The second-order valence-electron chi connectivity index (χ2n) is 6.41. The Bertz CT molecular complexity index is 916. The van der Waals surface area contributed by atoms with Gasteiger partial charge in [0.25, 0.3) is 6.43 Å². The zero-order valence-electron chi connectivity index (χ0n) is 14.1. The second-order valence-corrected chi connectivity index (χ2v) is 6.41. The molecule has 1 unspecified atom stereocenters. The van der Waals surface area contributed by atoms with Crippen molar-refractivity contribution < 1.29 is 8.78 Å². The van der Waals surface area contributed by atoms with E-state index in [-0.39, 0.29) is 6.04 Å². The van der Waals surface area contributed by atoms with Crippen LogP contribution in [0.3, 0.4) is 0 Å². The van der Waals surface area contributed by atoms with E-state index in [1.54, 1.807) is 12.1 Å². The molecule has 0 amide bonds. The highest BCUT2D eigenvalue weighted by atomic mass is 19.3. The Balaban J connectivity index is 1.72. The topological polar surface area (TPSA) is 77.0 Å². The molecule has 0 fully saturated rings. The van der Waals surface area contributed by atoms with Crippen molar-refractivity contribution in [3.63, 3.8) is 0 Å². The lowest BCUT2D eigenvalue weighted by Gasteiger charge is -2.34. The zero-order chi connectivity index (χ0) is 17.7. The largest absolute Gasteiger partial charge is 0.343 e. The van der Waals surface area contributed by atoms with Gasteiger partial charge in [0.1, 0.15) is 11.6 Å². The van der Waals surface area contributed by atoms with Gasteiger partial charge in [0, 0.05) is 19.0 Å². The molecule has 1 aliphatic heterocycles. The van der Waals surface area contributed by atoms with Crippen LogP contribution in [0.15, 0.2) is 12.1 Å². The molecule has 0 N–H and O–H groups in total. The van der Waals surface area contributed by atoms with Gasteiger partial charge in [-0.15, -0.1) is 25.5 Å².